The molecule has 1 N–H and O–H groups in total. The number of nitrogens with zero attached hydrogens (tertiary/aromatic N) is 2. The Kier molecular flexibility index (Phi) is 5.91. The number of likely N-dealkylation sites (tertiary alicyclic amines) is 1. The van der Waals surface area contributed by atoms with Gasteiger partial charge in [0.2, 0.25) is 10.0 Å². The largest absolute Gasteiger partial charge is 0.493 e. The third-order valence-corrected chi connectivity index (χ3v) is 11.2. The van der Waals surface area contributed by atoms with Crippen LogP contribution in [0, 0.1) is 5.92 Å². The van der Waals surface area contributed by atoms with Crippen molar-refractivity contribution < 1.29 is 23.0 Å². The van der Waals surface area contributed by atoms with Crippen molar-refractivity contribution in [3.8, 4) is 11.5 Å². The maximum absolute atomic E-state index is 14.1. The lowest BCUT2D eigenvalue weighted by Crippen LogP contribution is -2.78. The van der Waals surface area contributed by atoms with Crippen LogP contribution in [0.3, 0.4) is 0 Å². The average molecular weight is 527 g/mol. The molecule has 0 aromatic heterocycles. The van der Waals surface area contributed by atoms with Crippen LogP contribution in [0.1, 0.15) is 49.8 Å². The molecule has 1 spiro atoms. The zero-order chi connectivity index (χ0) is 26.2. The van der Waals surface area contributed by atoms with E-state index in [0.29, 0.717) is 30.9 Å². The third kappa shape index (κ3) is 3.52. The van der Waals surface area contributed by atoms with Gasteiger partial charge in [0.1, 0.15) is 6.10 Å². The van der Waals surface area contributed by atoms with E-state index in [9.17, 15) is 13.5 Å². The van der Waals surface area contributed by atoms with Gasteiger partial charge < -0.3 is 19.5 Å². The van der Waals surface area contributed by atoms with Crippen molar-refractivity contribution >= 4 is 10.0 Å². The highest BCUT2D eigenvalue weighted by Gasteiger charge is 2.73. The Hall–Kier alpha value is -2.13. The van der Waals surface area contributed by atoms with Crippen molar-refractivity contribution in [3.63, 3.8) is 0 Å². The minimum Gasteiger partial charge on any atom is -0.493 e. The summed E-state index contributed by atoms with van der Waals surface area (Å²) in [6.45, 7) is 5.36. The third-order valence-electron chi connectivity index (χ3n) is 9.37. The van der Waals surface area contributed by atoms with Crippen LogP contribution in [-0.2, 0) is 27.6 Å². The smallest absolute Gasteiger partial charge is 0.218 e. The standard InChI is InChI=1S/C29H38N2O5S/c1-19(2)17-31(37(33,34)18-20-8-6-5-7-9-20)22-12-13-29(32)24-16-21-10-11-23(35-4)26-25(21)28(29,27(22)36-26)14-15-30(24)3/h5-11,19,22,24,27,32H,12-18H2,1-4H3/t22-,24+,27-,28-,29+/m0/s1. The second kappa shape index (κ2) is 8.70. The van der Waals surface area contributed by atoms with E-state index in [0.717, 1.165) is 30.5 Å². The van der Waals surface area contributed by atoms with Crippen molar-refractivity contribution in [1.29, 1.82) is 0 Å². The normalized spacial score (nSPS) is 32.4. The van der Waals surface area contributed by atoms with Gasteiger partial charge in [-0.05, 0) is 62.4 Å². The molecule has 2 aromatic rings. The van der Waals surface area contributed by atoms with Crippen LogP contribution >= 0.6 is 0 Å². The number of methoxy groups -OCH3 is 1. The van der Waals surface area contributed by atoms with Gasteiger partial charge in [-0.15, -0.1) is 0 Å². The Labute approximate surface area is 220 Å². The number of likely N-dealkylation sites (N-methyl/N-ethyl adjacent to an activating group) is 1. The molecule has 2 bridgehead atoms. The van der Waals surface area contributed by atoms with Crippen LogP contribution in [0.5, 0.6) is 11.5 Å². The summed E-state index contributed by atoms with van der Waals surface area (Å²) in [6, 6.07) is 13.1. The summed E-state index contributed by atoms with van der Waals surface area (Å²) in [5, 5.41) is 12.5. The lowest BCUT2D eigenvalue weighted by atomic mass is 9.48. The first-order valence-corrected chi connectivity index (χ1v) is 15.1. The Balaban J connectivity index is 1.49. The molecule has 200 valence electrons. The number of ether oxygens (including phenoxy) is 2. The molecule has 2 aromatic carbocycles. The van der Waals surface area contributed by atoms with E-state index in [-0.39, 0.29) is 23.8 Å². The van der Waals surface area contributed by atoms with Gasteiger partial charge in [-0.25, -0.2) is 8.42 Å². The van der Waals surface area contributed by atoms with E-state index in [2.05, 4.69) is 31.9 Å². The quantitative estimate of drug-likeness (QED) is 0.596. The predicted octanol–water partition coefficient (Wildman–Crippen LogP) is 3.34. The topological polar surface area (TPSA) is 79.3 Å². The lowest BCUT2D eigenvalue weighted by Gasteiger charge is -2.64. The van der Waals surface area contributed by atoms with Gasteiger partial charge in [0, 0.05) is 18.2 Å². The minimum atomic E-state index is -3.65. The van der Waals surface area contributed by atoms with Crippen molar-refractivity contribution in [3.05, 3.63) is 59.2 Å². The molecule has 2 aliphatic heterocycles. The van der Waals surface area contributed by atoms with Crippen LogP contribution in [0.15, 0.2) is 42.5 Å². The van der Waals surface area contributed by atoms with Gasteiger partial charge in [0.15, 0.2) is 11.5 Å². The highest BCUT2D eigenvalue weighted by Crippen LogP contribution is 2.66. The minimum absolute atomic E-state index is 0.0281. The maximum Gasteiger partial charge on any atom is 0.218 e. The predicted molar refractivity (Wildman–Crippen MR) is 142 cm³/mol. The molecule has 0 radical (unpaired) electrons. The number of piperidine rings is 1. The highest BCUT2D eigenvalue weighted by molar-refractivity contribution is 7.88. The molecular formula is C29H38N2O5S. The second-order valence-electron chi connectivity index (χ2n) is 11.8. The zero-order valence-corrected chi connectivity index (χ0v) is 23.0. The molecule has 6 rings (SSSR count). The van der Waals surface area contributed by atoms with Crippen LogP contribution < -0.4 is 9.47 Å². The Morgan fingerprint density at radius 1 is 1.19 bits per heavy atom. The summed E-state index contributed by atoms with van der Waals surface area (Å²) < 4.78 is 42.4. The molecule has 7 nitrogen and oxygen atoms in total. The van der Waals surface area contributed by atoms with E-state index in [1.165, 1.54) is 5.56 Å². The highest BCUT2D eigenvalue weighted by atomic mass is 32.2. The first-order chi connectivity index (χ1) is 17.6. The summed E-state index contributed by atoms with van der Waals surface area (Å²) in [5.41, 5.74) is 1.36. The van der Waals surface area contributed by atoms with Gasteiger partial charge in [0.25, 0.3) is 0 Å². The molecule has 0 unspecified atom stereocenters. The summed E-state index contributed by atoms with van der Waals surface area (Å²) in [7, 11) is 0.0815. The summed E-state index contributed by atoms with van der Waals surface area (Å²) >= 11 is 0. The number of sulfonamides is 1. The SMILES string of the molecule is COc1ccc2c3c1O[C@H]1[C@@H](N(CC(C)C)S(=O)(=O)Cc4ccccc4)CC[C@@]4(O)[C@@H](C2)N(C)CC[C@]314. The molecule has 2 aliphatic carbocycles. The molecule has 2 fully saturated rings. The van der Waals surface area contributed by atoms with Gasteiger partial charge in [-0.1, -0.05) is 50.2 Å². The number of hydrogen-bond acceptors (Lipinski definition) is 6. The van der Waals surface area contributed by atoms with Crippen molar-refractivity contribution in [2.75, 3.05) is 27.2 Å². The van der Waals surface area contributed by atoms with Crippen molar-refractivity contribution in [2.24, 2.45) is 5.92 Å². The lowest BCUT2D eigenvalue weighted by molar-refractivity contribution is -0.192. The molecule has 8 heteroatoms. The van der Waals surface area contributed by atoms with Crippen LogP contribution in [-0.4, -0.2) is 73.8 Å². The molecule has 0 amide bonds. The Morgan fingerprint density at radius 3 is 2.65 bits per heavy atom. The van der Waals surface area contributed by atoms with Gasteiger partial charge in [-0.2, -0.15) is 4.31 Å². The average Bonchev–Trinajstić information content (AvgIpc) is 3.21. The number of rotatable bonds is 7. The van der Waals surface area contributed by atoms with Gasteiger partial charge in [-0.3, -0.25) is 0 Å². The number of hydrogen-bond donors (Lipinski definition) is 1. The fourth-order valence-electron chi connectivity index (χ4n) is 7.85. The van der Waals surface area contributed by atoms with Crippen molar-refractivity contribution in [1.82, 2.24) is 9.21 Å². The Bertz CT molecular complexity index is 1300. The second-order valence-corrected chi connectivity index (χ2v) is 13.7. The van der Waals surface area contributed by atoms with Gasteiger partial charge in [0.05, 0.1) is 29.9 Å². The Morgan fingerprint density at radius 2 is 1.95 bits per heavy atom. The fourth-order valence-corrected chi connectivity index (χ4v) is 9.79. The first kappa shape index (κ1) is 25.2. The molecule has 1 saturated heterocycles. The van der Waals surface area contributed by atoms with Crippen LogP contribution in [0.4, 0.5) is 0 Å². The van der Waals surface area contributed by atoms with Crippen LogP contribution in [0.25, 0.3) is 0 Å². The van der Waals surface area contributed by atoms with Crippen LogP contribution in [0.2, 0.25) is 0 Å². The number of aliphatic hydroxyl groups is 1. The molecule has 1 saturated carbocycles. The summed E-state index contributed by atoms with van der Waals surface area (Å²) in [6.07, 6.45) is 2.10. The summed E-state index contributed by atoms with van der Waals surface area (Å²) in [4.78, 5) is 2.28. The number of benzene rings is 2. The van der Waals surface area contributed by atoms with E-state index in [4.69, 9.17) is 9.47 Å². The monoisotopic (exact) mass is 526 g/mol. The van der Waals surface area contributed by atoms with E-state index in [1.54, 1.807) is 11.4 Å². The molecule has 5 atom stereocenters. The van der Waals surface area contributed by atoms with E-state index < -0.39 is 27.1 Å². The first-order valence-electron chi connectivity index (χ1n) is 13.5. The fraction of sp³-hybridized carbons (Fsp3) is 0.586. The zero-order valence-electron chi connectivity index (χ0n) is 22.2. The maximum atomic E-state index is 14.1. The summed E-state index contributed by atoms with van der Waals surface area (Å²) in [5.74, 6) is 1.45. The molecule has 2 heterocycles. The molecule has 37 heavy (non-hydrogen) atoms. The van der Waals surface area contributed by atoms with E-state index >= 15 is 0 Å². The van der Waals surface area contributed by atoms with Crippen molar-refractivity contribution in [2.45, 2.75) is 74.5 Å². The molecular weight excluding hydrogens is 488 g/mol. The van der Waals surface area contributed by atoms with E-state index in [1.807, 2.05) is 36.4 Å². The van der Waals surface area contributed by atoms with Gasteiger partial charge >= 0.3 is 0 Å². The molecule has 4 aliphatic rings.